The summed E-state index contributed by atoms with van der Waals surface area (Å²) in [5, 5.41) is 2.74. The molecule has 0 spiro atoms. The molecule has 1 saturated heterocycles. The fourth-order valence-corrected chi connectivity index (χ4v) is 2.63. The van der Waals surface area contributed by atoms with Crippen molar-refractivity contribution in [2.24, 2.45) is 0 Å². The van der Waals surface area contributed by atoms with E-state index < -0.39 is 12.1 Å². The van der Waals surface area contributed by atoms with E-state index in [1.807, 2.05) is 6.92 Å². The lowest BCUT2D eigenvalue weighted by Crippen LogP contribution is -2.54. The second-order valence-corrected chi connectivity index (χ2v) is 5.31. The summed E-state index contributed by atoms with van der Waals surface area (Å²) in [6, 6.07) is 5.33. The number of hydrogen-bond donors (Lipinski definition) is 1. The van der Waals surface area contributed by atoms with Gasteiger partial charge in [-0.25, -0.2) is 4.39 Å². The van der Waals surface area contributed by atoms with Crippen molar-refractivity contribution in [1.29, 1.82) is 0 Å². The third-order valence-corrected chi connectivity index (χ3v) is 3.82. The number of carbonyl (C=O) groups is 2. The quantitative estimate of drug-likeness (QED) is 0.903. The molecular formula is C16H21FN2O3. The van der Waals surface area contributed by atoms with Crippen LogP contribution in [0.5, 0.6) is 0 Å². The zero-order valence-corrected chi connectivity index (χ0v) is 12.8. The fraction of sp³-hybridized carbons (Fsp3) is 0.500. The molecule has 0 bridgehead atoms. The van der Waals surface area contributed by atoms with Gasteiger partial charge in [0.25, 0.3) is 0 Å². The summed E-state index contributed by atoms with van der Waals surface area (Å²) in [6.07, 6.45) is 1.31. The molecule has 1 N–H and O–H groups in total. The first-order chi connectivity index (χ1) is 10.6. The van der Waals surface area contributed by atoms with Crippen LogP contribution in [0.2, 0.25) is 0 Å². The van der Waals surface area contributed by atoms with Gasteiger partial charge in [-0.3, -0.25) is 9.59 Å². The van der Waals surface area contributed by atoms with Gasteiger partial charge < -0.3 is 15.0 Å². The van der Waals surface area contributed by atoms with E-state index in [9.17, 15) is 14.0 Å². The van der Waals surface area contributed by atoms with Gasteiger partial charge in [0.1, 0.15) is 18.0 Å². The van der Waals surface area contributed by atoms with E-state index in [-0.39, 0.29) is 17.6 Å². The van der Waals surface area contributed by atoms with Crippen LogP contribution >= 0.6 is 0 Å². The number of carbonyl (C=O) groups excluding carboxylic acids is 2. The highest BCUT2D eigenvalue weighted by Crippen LogP contribution is 2.22. The van der Waals surface area contributed by atoms with Crippen molar-refractivity contribution >= 4 is 17.5 Å². The van der Waals surface area contributed by atoms with Gasteiger partial charge in [-0.05, 0) is 37.5 Å². The molecule has 120 valence electrons. The minimum absolute atomic E-state index is 0.212. The lowest BCUT2D eigenvalue weighted by atomic mass is 10.0. The van der Waals surface area contributed by atoms with Crippen LogP contribution in [0.25, 0.3) is 0 Å². The Bertz CT molecular complexity index is 546. The van der Waals surface area contributed by atoms with Gasteiger partial charge in [0.15, 0.2) is 0 Å². The molecular weight excluding hydrogens is 287 g/mol. The van der Waals surface area contributed by atoms with Crippen molar-refractivity contribution in [3.63, 3.8) is 0 Å². The standard InChI is InChI=1S/C16H21FN2O3/c1-3-14(22-2)15(20)18-13-8-5-9-19(16(13)21)12-7-4-6-11(17)10-12/h4,6-7,10,13-14H,3,5,8-9H2,1-2H3,(H,18,20). The van der Waals surface area contributed by atoms with Gasteiger partial charge >= 0.3 is 0 Å². The average molecular weight is 308 g/mol. The zero-order valence-electron chi connectivity index (χ0n) is 12.8. The third kappa shape index (κ3) is 3.62. The Morgan fingerprint density at radius 2 is 2.32 bits per heavy atom. The number of ether oxygens (including phenoxy) is 1. The van der Waals surface area contributed by atoms with E-state index in [0.717, 1.165) is 6.42 Å². The number of benzene rings is 1. The summed E-state index contributed by atoms with van der Waals surface area (Å²) in [4.78, 5) is 26.1. The first-order valence-corrected chi connectivity index (χ1v) is 7.47. The van der Waals surface area contributed by atoms with E-state index in [0.29, 0.717) is 25.1 Å². The molecule has 2 atom stereocenters. The number of nitrogens with zero attached hydrogens (tertiary/aromatic N) is 1. The molecule has 0 aromatic heterocycles. The average Bonchev–Trinajstić information content (AvgIpc) is 2.50. The van der Waals surface area contributed by atoms with E-state index in [1.165, 1.54) is 24.1 Å². The molecule has 1 aromatic rings. The summed E-state index contributed by atoms with van der Waals surface area (Å²) in [7, 11) is 1.47. The summed E-state index contributed by atoms with van der Waals surface area (Å²) in [5.74, 6) is -0.887. The smallest absolute Gasteiger partial charge is 0.249 e. The van der Waals surface area contributed by atoms with Crippen molar-refractivity contribution < 1.29 is 18.7 Å². The second-order valence-electron chi connectivity index (χ2n) is 5.31. The van der Waals surface area contributed by atoms with Gasteiger partial charge in [-0.1, -0.05) is 13.0 Å². The van der Waals surface area contributed by atoms with Crippen molar-refractivity contribution in [3.8, 4) is 0 Å². The summed E-state index contributed by atoms with van der Waals surface area (Å²) < 4.78 is 18.4. The van der Waals surface area contributed by atoms with Crippen LogP contribution < -0.4 is 10.2 Å². The van der Waals surface area contributed by atoms with Crippen molar-refractivity contribution in [2.75, 3.05) is 18.6 Å². The maximum absolute atomic E-state index is 13.3. The summed E-state index contributed by atoms with van der Waals surface area (Å²) in [6.45, 7) is 2.37. The SMILES string of the molecule is CCC(OC)C(=O)NC1CCCN(c2cccc(F)c2)C1=O. The minimum Gasteiger partial charge on any atom is -0.372 e. The van der Waals surface area contributed by atoms with Crippen LogP contribution in [0, 0.1) is 5.82 Å². The molecule has 22 heavy (non-hydrogen) atoms. The Morgan fingerprint density at radius 3 is 2.95 bits per heavy atom. The molecule has 1 aromatic carbocycles. The largest absolute Gasteiger partial charge is 0.372 e. The van der Waals surface area contributed by atoms with E-state index in [1.54, 1.807) is 12.1 Å². The molecule has 0 aliphatic carbocycles. The molecule has 1 aliphatic heterocycles. The van der Waals surface area contributed by atoms with E-state index >= 15 is 0 Å². The van der Waals surface area contributed by atoms with Crippen LogP contribution in [-0.4, -0.2) is 37.6 Å². The molecule has 6 heteroatoms. The van der Waals surface area contributed by atoms with Crippen molar-refractivity contribution in [3.05, 3.63) is 30.1 Å². The Kier molecular flexibility index (Phi) is 5.49. The van der Waals surface area contributed by atoms with E-state index in [2.05, 4.69) is 5.32 Å². The number of rotatable bonds is 5. The van der Waals surface area contributed by atoms with Gasteiger partial charge in [0, 0.05) is 19.3 Å². The molecule has 1 aliphatic rings. The number of methoxy groups -OCH3 is 1. The maximum Gasteiger partial charge on any atom is 0.249 e. The monoisotopic (exact) mass is 308 g/mol. The third-order valence-electron chi connectivity index (χ3n) is 3.82. The molecule has 2 rings (SSSR count). The normalized spacial score (nSPS) is 19.9. The number of hydrogen-bond acceptors (Lipinski definition) is 3. The Hall–Kier alpha value is -1.95. The van der Waals surface area contributed by atoms with Gasteiger partial charge in [0.2, 0.25) is 11.8 Å². The predicted molar refractivity (Wildman–Crippen MR) is 81.0 cm³/mol. The Balaban J connectivity index is 2.08. The number of halogens is 1. The van der Waals surface area contributed by atoms with Crippen LogP contribution in [0.15, 0.2) is 24.3 Å². The highest BCUT2D eigenvalue weighted by Gasteiger charge is 2.32. The maximum atomic E-state index is 13.3. The lowest BCUT2D eigenvalue weighted by molar-refractivity contribution is -0.135. The van der Waals surface area contributed by atoms with Gasteiger partial charge in [0.05, 0.1) is 0 Å². The number of amides is 2. The van der Waals surface area contributed by atoms with Crippen LogP contribution in [0.1, 0.15) is 26.2 Å². The van der Waals surface area contributed by atoms with Crippen LogP contribution in [0.3, 0.4) is 0 Å². The number of piperidine rings is 1. The zero-order chi connectivity index (χ0) is 16.1. The number of anilines is 1. The number of nitrogens with one attached hydrogen (secondary N) is 1. The second kappa shape index (κ2) is 7.35. The summed E-state index contributed by atoms with van der Waals surface area (Å²) in [5.41, 5.74) is 0.516. The van der Waals surface area contributed by atoms with Crippen molar-refractivity contribution in [1.82, 2.24) is 5.32 Å². The molecule has 0 radical (unpaired) electrons. The van der Waals surface area contributed by atoms with Crippen LogP contribution in [-0.2, 0) is 14.3 Å². The molecule has 2 amide bonds. The fourth-order valence-electron chi connectivity index (χ4n) is 2.63. The highest BCUT2D eigenvalue weighted by atomic mass is 19.1. The Morgan fingerprint density at radius 1 is 1.55 bits per heavy atom. The molecule has 1 heterocycles. The molecule has 5 nitrogen and oxygen atoms in total. The minimum atomic E-state index is -0.589. The molecule has 1 fully saturated rings. The van der Waals surface area contributed by atoms with E-state index in [4.69, 9.17) is 4.74 Å². The summed E-state index contributed by atoms with van der Waals surface area (Å²) >= 11 is 0. The first-order valence-electron chi connectivity index (χ1n) is 7.47. The van der Waals surface area contributed by atoms with Gasteiger partial charge in [-0.2, -0.15) is 0 Å². The molecule has 2 unspecified atom stereocenters. The first kappa shape index (κ1) is 16.4. The van der Waals surface area contributed by atoms with Crippen molar-refractivity contribution in [2.45, 2.75) is 38.3 Å². The predicted octanol–water partition coefficient (Wildman–Crippen LogP) is 1.86. The highest BCUT2D eigenvalue weighted by molar-refractivity contribution is 6.00. The lowest BCUT2D eigenvalue weighted by Gasteiger charge is -2.33. The molecule has 0 saturated carbocycles. The van der Waals surface area contributed by atoms with Gasteiger partial charge in [-0.15, -0.1) is 0 Å². The Labute approximate surface area is 129 Å². The topological polar surface area (TPSA) is 58.6 Å². The van der Waals surface area contributed by atoms with Crippen LogP contribution in [0.4, 0.5) is 10.1 Å².